The van der Waals surface area contributed by atoms with Gasteiger partial charge in [0, 0.05) is 15.5 Å². The van der Waals surface area contributed by atoms with E-state index in [-0.39, 0.29) is 5.12 Å². The van der Waals surface area contributed by atoms with Crippen molar-refractivity contribution in [2.45, 2.75) is 25.7 Å². The Hall–Kier alpha value is -3.01. The summed E-state index contributed by atoms with van der Waals surface area (Å²) in [5.74, 6) is 0.359. The molecule has 0 aliphatic rings. The second-order valence-electron chi connectivity index (χ2n) is 7.96. The van der Waals surface area contributed by atoms with Crippen molar-refractivity contribution in [3.05, 3.63) is 112 Å². The van der Waals surface area contributed by atoms with Crippen molar-refractivity contribution in [2.75, 3.05) is 0 Å². The van der Waals surface area contributed by atoms with Crippen LogP contribution in [-0.2, 0) is 19.0 Å². The van der Waals surface area contributed by atoms with Gasteiger partial charge >= 0.3 is 0 Å². The molecule has 0 saturated heterocycles. The Morgan fingerprint density at radius 1 is 1.00 bits per heavy atom. The minimum Gasteiger partial charge on any atom is -0.737 e. The van der Waals surface area contributed by atoms with E-state index in [2.05, 4.69) is 48.3 Å². The molecule has 160 valence electrons. The number of rotatable bonds is 7. The minimum absolute atomic E-state index is 0.287. The fourth-order valence-electron chi connectivity index (χ4n) is 3.83. The number of benzene rings is 3. The summed E-state index contributed by atoms with van der Waals surface area (Å²) in [6.45, 7) is 2.22. The molecule has 0 saturated carbocycles. The van der Waals surface area contributed by atoms with Crippen molar-refractivity contribution >= 4 is 52.4 Å². The van der Waals surface area contributed by atoms with E-state index < -0.39 is 0 Å². The first-order valence-corrected chi connectivity index (χ1v) is 11.4. The second-order valence-corrected chi connectivity index (χ2v) is 8.77. The third-order valence-corrected chi connectivity index (χ3v) is 6.14. The molecular weight excluding hydrogens is 434 g/mol. The molecule has 1 atom stereocenters. The largest absolute Gasteiger partial charge is 0.737 e. The van der Waals surface area contributed by atoms with Gasteiger partial charge in [-0.2, -0.15) is 0 Å². The van der Waals surface area contributed by atoms with Crippen LogP contribution in [0.4, 0.5) is 0 Å². The molecule has 2 nitrogen and oxygen atoms in total. The summed E-state index contributed by atoms with van der Waals surface area (Å²) in [6.07, 6.45) is 5.87. The molecule has 3 aromatic carbocycles. The highest BCUT2D eigenvalue weighted by molar-refractivity contribution is 7.77. The quantitative estimate of drug-likeness (QED) is 0.270. The van der Waals surface area contributed by atoms with E-state index in [0.29, 0.717) is 16.5 Å². The first-order valence-electron chi connectivity index (χ1n) is 10.6. The molecule has 1 aromatic heterocycles. The highest BCUT2D eigenvalue weighted by Gasteiger charge is 2.09. The van der Waals surface area contributed by atoms with Crippen LogP contribution in [0.1, 0.15) is 52.0 Å². The molecule has 0 bridgehead atoms. The molecule has 0 fully saturated rings. The Balaban J connectivity index is 1.47. The van der Waals surface area contributed by atoms with Gasteiger partial charge in [0.15, 0.2) is 0 Å². The summed E-state index contributed by atoms with van der Waals surface area (Å²) in [5, 5.41) is 1.47. The lowest BCUT2D eigenvalue weighted by molar-refractivity contribution is 0.108. The Morgan fingerprint density at radius 2 is 1.81 bits per heavy atom. The number of pyridine rings is 1. The molecule has 0 radical (unpaired) electrons. The van der Waals surface area contributed by atoms with E-state index >= 15 is 0 Å². The number of aromatic nitrogens is 1. The van der Waals surface area contributed by atoms with Gasteiger partial charge in [0.1, 0.15) is 0 Å². The lowest BCUT2D eigenvalue weighted by atomic mass is 9.91. The maximum Gasteiger partial charge on any atom is 0.0724 e. The monoisotopic (exact) mass is 456 g/mol. The zero-order chi connectivity index (χ0) is 22.5. The average molecular weight is 457 g/mol. The standard InChI is InChI=1S/C28H24ClNOS/c1-19(9-11-21-6-2-3-8-26(21)28(31)32)23-7-4-5-20(17-23)10-15-25-16-13-22-12-14-24(29)18-27(22)30-25/h2-8,10,12-19H,9,11H2,1H3,(H,31,32)/p-1/b15-10+/t19-/m1/s1. The SMILES string of the molecule is C[C@H](CCc1ccccc1C(=O)[S-])c1cccc(/C=C/c2ccc3ccc(Cl)cc3n2)c1. The highest BCUT2D eigenvalue weighted by Crippen LogP contribution is 2.24. The molecule has 0 N–H and O–H groups in total. The Kier molecular flexibility index (Phi) is 6.99. The first kappa shape index (κ1) is 22.2. The predicted molar refractivity (Wildman–Crippen MR) is 137 cm³/mol. The van der Waals surface area contributed by atoms with Crippen LogP contribution in [0.15, 0.2) is 78.9 Å². The number of halogens is 1. The van der Waals surface area contributed by atoms with Crippen molar-refractivity contribution < 1.29 is 4.79 Å². The normalized spacial score (nSPS) is 12.3. The van der Waals surface area contributed by atoms with E-state index in [0.717, 1.165) is 40.6 Å². The topological polar surface area (TPSA) is 30.0 Å². The summed E-state index contributed by atoms with van der Waals surface area (Å²) >= 11 is 11.0. The van der Waals surface area contributed by atoms with E-state index in [1.54, 1.807) is 0 Å². The zero-order valence-electron chi connectivity index (χ0n) is 17.8. The van der Waals surface area contributed by atoms with Crippen LogP contribution < -0.4 is 0 Å². The fourth-order valence-corrected chi connectivity index (χ4v) is 4.19. The van der Waals surface area contributed by atoms with E-state index in [1.165, 1.54) is 5.56 Å². The summed E-state index contributed by atoms with van der Waals surface area (Å²) < 4.78 is 0. The van der Waals surface area contributed by atoms with Gasteiger partial charge in [0.25, 0.3) is 0 Å². The number of carbonyl (C=O) groups is 1. The van der Waals surface area contributed by atoms with Gasteiger partial charge in [0.2, 0.25) is 0 Å². The molecule has 0 amide bonds. The van der Waals surface area contributed by atoms with Crippen LogP contribution in [0.5, 0.6) is 0 Å². The summed E-state index contributed by atoms with van der Waals surface area (Å²) in [7, 11) is 0. The number of fused-ring (bicyclic) bond motifs is 1. The van der Waals surface area contributed by atoms with E-state index in [9.17, 15) is 4.79 Å². The molecule has 0 aliphatic heterocycles. The fraction of sp³-hybridized carbons (Fsp3) is 0.143. The number of aryl methyl sites for hydroxylation is 1. The van der Waals surface area contributed by atoms with Gasteiger partial charge in [-0.25, -0.2) is 4.98 Å². The number of nitrogens with zero attached hydrogens (tertiary/aromatic N) is 1. The second kappa shape index (κ2) is 10.1. The lowest BCUT2D eigenvalue weighted by Gasteiger charge is -2.15. The molecule has 32 heavy (non-hydrogen) atoms. The van der Waals surface area contributed by atoms with Crippen LogP contribution in [0, 0.1) is 0 Å². The summed E-state index contributed by atoms with van der Waals surface area (Å²) in [5.41, 5.74) is 5.85. The van der Waals surface area contributed by atoms with E-state index in [1.807, 2.05) is 54.6 Å². The third-order valence-electron chi connectivity index (χ3n) is 5.69. The maximum absolute atomic E-state index is 11.7. The van der Waals surface area contributed by atoms with Crippen molar-refractivity contribution in [3.8, 4) is 0 Å². The van der Waals surface area contributed by atoms with Crippen molar-refractivity contribution in [2.24, 2.45) is 0 Å². The molecule has 0 unspecified atom stereocenters. The highest BCUT2D eigenvalue weighted by atomic mass is 35.5. The molecule has 0 spiro atoms. The third kappa shape index (κ3) is 5.42. The van der Waals surface area contributed by atoms with Crippen molar-refractivity contribution in [1.82, 2.24) is 4.98 Å². The van der Waals surface area contributed by atoms with Crippen LogP contribution in [0.25, 0.3) is 23.1 Å². The zero-order valence-corrected chi connectivity index (χ0v) is 19.4. The van der Waals surface area contributed by atoms with Gasteiger partial charge in [-0.3, -0.25) is 0 Å². The smallest absolute Gasteiger partial charge is 0.0724 e. The van der Waals surface area contributed by atoms with Gasteiger partial charge < -0.3 is 17.4 Å². The van der Waals surface area contributed by atoms with Crippen molar-refractivity contribution in [1.29, 1.82) is 0 Å². The van der Waals surface area contributed by atoms with Crippen molar-refractivity contribution in [3.63, 3.8) is 0 Å². The predicted octanol–water partition coefficient (Wildman–Crippen LogP) is 7.48. The Labute approximate surface area is 199 Å². The number of hydrogen-bond acceptors (Lipinski definition) is 3. The Morgan fingerprint density at radius 3 is 2.66 bits per heavy atom. The lowest BCUT2D eigenvalue weighted by Crippen LogP contribution is -2.03. The van der Waals surface area contributed by atoms with Gasteiger partial charge in [-0.1, -0.05) is 85.3 Å². The van der Waals surface area contributed by atoms with E-state index in [4.69, 9.17) is 24.2 Å². The van der Waals surface area contributed by atoms with Gasteiger partial charge in [0.05, 0.1) is 11.2 Å². The van der Waals surface area contributed by atoms with Gasteiger partial charge in [-0.15, -0.1) is 0 Å². The van der Waals surface area contributed by atoms with Crippen LogP contribution in [0.3, 0.4) is 0 Å². The summed E-state index contributed by atoms with van der Waals surface area (Å²) in [6, 6.07) is 26.0. The number of carbonyl (C=O) groups excluding carboxylic acids is 1. The average Bonchev–Trinajstić information content (AvgIpc) is 2.81. The number of hydrogen-bond donors (Lipinski definition) is 0. The molecule has 4 heteroatoms. The van der Waals surface area contributed by atoms with Crippen LogP contribution in [0.2, 0.25) is 5.02 Å². The molecular formula is C28H23ClNOS-. The maximum atomic E-state index is 11.7. The van der Waals surface area contributed by atoms with Crippen LogP contribution in [-0.4, -0.2) is 10.1 Å². The molecule has 0 aliphatic carbocycles. The summed E-state index contributed by atoms with van der Waals surface area (Å²) in [4.78, 5) is 16.4. The van der Waals surface area contributed by atoms with Gasteiger partial charge in [-0.05, 0) is 65.3 Å². The Bertz CT molecular complexity index is 1300. The minimum atomic E-state index is -0.287. The molecule has 1 heterocycles. The first-order chi connectivity index (χ1) is 15.5. The molecule has 4 aromatic rings. The molecule has 4 rings (SSSR count). The van der Waals surface area contributed by atoms with Crippen LogP contribution >= 0.6 is 11.6 Å².